The van der Waals surface area contributed by atoms with Gasteiger partial charge >= 0.3 is 0 Å². The molecule has 0 saturated carbocycles. The van der Waals surface area contributed by atoms with E-state index in [1.54, 1.807) is 16.7 Å². The quantitative estimate of drug-likeness (QED) is 0.149. The number of hydrogen-bond acceptors (Lipinski definition) is 8. The van der Waals surface area contributed by atoms with Crippen molar-refractivity contribution >= 4 is 68.2 Å². The topological polar surface area (TPSA) is 64.5 Å². The first-order valence-electron chi connectivity index (χ1n) is 50.3. The predicted molar refractivity (Wildman–Crippen MR) is 564 cm³/mol. The lowest BCUT2D eigenvalue weighted by molar-refractivity contribution is 0.949. The van der Waals surface area contributed by atoms with Crippen LogP contribution in [0.1, 0.15) is 178 Å². The second-order valence-corrected chi connectivity index (χ2v) is 41.3. The van der Waals surface area contributed by atoms with E-state index in [0.29, 0.717) is 0 Å². The highest BCUT2D eigenvalue weighted by molar-refractivity contribution is 6.02. The van der Waals surface area contributed by atoms with E-state index in [0.717, 1.165) is 103 Å². The van der Waals surface area contributed by atoms with Crippen molar-refractivity contribution in [2.75, 3.05) is 19.6 Å². The van der Waals surface area contributed by atoms with E-state index in [9.17, 15) is 0 Å². The van der Waals surface area contributed by atoms with Gasteiger partial charge in [0.2, 0.25) is 0 Å². The fraction of sp³-hybridized carbons (Fsp3) is 0.121. The Morgan fingerprint density at radius 3 is 0.800 bits per heavy atom. The number of hydrogen-bond donors (Lipinski definition) is 0. The zero-order valence-electron chi connectivity index (χ0n) is 77.2. The highest BCUT2D eigenvalue weighted by Crippen LogP contribution is 2.63. The molecule has 0 unspecified atom stereocenters. The molecule has 8 aliphatic carbocycles. The summed E-state index contributed by atoms with van der Waals surface area (Å²) in [5.41, 5.74) is 85.0. The zero-order valence-corrected chi connectivity index (χ0v) is 77.2. The number of benzene rings is 16. The van der Waals surface area contributed by atoms with Crippen LogP contribution in [0.4, 0.5) is 68.2 Å². The number of fused-ring (bicyclic) bond motifs is 48. The molecular weight excluding hydrogens is 1700 g/mol. The second-order valence-electron chi connectivity index (χ2n) is 41.3. The molecule has 20 aromatic rings. The van der Waals surface area contributed by atoms with Crippen LogP contribution in [0.25, 0.3) is 89.0 Å². The molecule has 16 aliphatic rings. The van der Waals surface area contributed by atoms with Gasteiger partial charge in [-0.3, -0.25) is 19.9 Å². The minimum atomic E-state index is 0.910. The van der Waals surface area contributed by atoms with E-state index in [1.165, 1.54) is 319 Å². The summed E-state index contributed by atoms with van der Waals surface area (Å²) in [5, 5.41) is 0. The maximum atomic E-state index is 4.90. The third-order valence-electron chi connectivity index (χ3n) is 34.6. The average molecular weight is 1790 g/mol. The Bertz CT molecular complexity index is 8610. The summed E-state index contributed by atoms with van der Waals surface area (Å²) in [6.45, 7) is 0. The molecule has 4 aromatic heterocycles. The van der Waals surface area contributed by atoms with Crippen molar-refractivity contribution < 1.29 is 0 Å². The number of nitrogens with zero attached hydrogens (tertiary/aromatic N) is 8. The smallest absolute Gasteiger partial charge is 0.0716 e. The van der Waals surface area contributed by atoms with Gasteiger partial charge < -0.3 is 19.6 Å². The summed E-state index contributed by atoms with van der Waals surface area (Å²) >= 11 is 0. The maximum Gasteiger partial charge on any atom is 0.0716 e. The lowest BCUT2D eigenvalue weighted by Crippen LogP contribution is -2.26. The molecule has 0 amide bonds. The van der Waals surface area contributed by atoms with Crippen molar-refractivity contribution in [2.24, 2.45) is 0 Å². The minimum absolute atomic E-state index is 0.910. The molecule has 0 radical (unpaired) electrons. The Balaban J connectivity index is 0.0000000829. The third kappa shape index (κ3) is 10.6. The van der Waals surface area contributed by atoms with Crippen LogP contribution in [0.5, 0.6) is 0 Å². The van der Waals surface area contributed by atoms with E-state index < -0.39 is 0 Å². The van der Waals surface area contributed by atoms with Crippen LogP contribution in [0, 0.1) is 0 Å². The van der Waals surface area contributed by atoms with Crippen molar-refractivity contribution in [1.82, 2.24) is 19.9 Å². The average Bonchev–Trinajstić information content (AvgIpc) is 1.45. The Hall–Kier alpha value is -16.7. The largest absolute Gasteiger partial charge is 0.309 e. The van der Waals surface area contributed by atoms with Gasteiger partial charge in [0.15, 0.2) is 0 Å². The fourth-order valence-corrected chi connectivity index (χ4v) is 28.7. The van der Waals surface area contributed by atoms with Crippen LogP contribution in [0.3, 0.4) is 0 Å². The first-order valence-corrected chi connectivity index (χ1v) is 50.3. The maximum absolute atomic E-state index is 4.90. The lowest BCUT2D eigenvalue weighted by atomic mass is 9.85. The molecule has 8 aliphatic heterocycles. The van der Waals surface area contributed by atoms with Crippen LogP contribution in [0.2, 0.25) is 0 Å². The molecule has 36 rings (SSSR count). The Morgan fingerprint density at radius 2 is 0.393 bits per heavy atom. The molecule has 656 valence electrons. The molecule has 8 heteroatoms. The SMILES string of the molecule is c1ccc2c(c1)Cc1c-2ccc2c1Cc1c-2ccc2c1Cc1ccnc3c1N2c1ccccc1C3.c1ccc2c(c1)Cc1c-2ccc2c1Cc1c-2ccc2c1Cc1cncc3c1N2c1ccccc1C3.c1ccc2c(c1)Cc1ccc3c(c1-2)Cc1c-3ccc2c1Cc1cncc3c1N2c1ccccc1C3.c1ccc2c(c1)Cc1ccc3c(c1-2)Cc1c-3ccc2c1Cc1nccc3c1N2c1ccccc1C3. The Morgan fingerprint density at radius 1 is 0.143 bits per heavy atom. The summed E-state index contributed by atoms with van der Waals surface area (Å²) in [5.74, 6) is 0. The minimum Gasteiger partial charge on any atom is -0.309 e. The molecule has 16 aromatic carbocycles. The summed E-state index contributed by atoms with van der Waals surface area (Å²) < 4.78 is 0. The number of para-hydroxylation sites is 4. The second kappa shape index (κ2) is 28.5. The number of pyridine rings is 4. The van der Waals surface area contributed by atoms with Gasteiger partial charge in [0, 0.05) is 111 Å². The predicted octanol–water partition coefficient (Wildman–Crippen LogP) is 30.0. The molecule has 0 spiro atoms. The number of anilines is 12. The summed E-state index contributed by atoms with van der Waals surface area (Å²) in [4.78, 5) is 29.1. The summed E-state index contributed by atoms with van der Waals surface area (Å²) in [6.07, 6.45) is 28.3. The zero-order chi connectivity index (χ0) is 90.7. The van der Waals surface area contributed by atoms with E-state index in [2.05, 4.69) is 358 Å². The Kier molecular flexibility index (Phi) is 15.6. The van der Waals surface area contributed by atoms with Crippen LogP contribution in [0.15, 0.2) is 340 Å². The van der Waals surface area contributed by atoms with E-state index in [-0.39, 0.29) is 0 Å². The molecular formula is C132H88N8. The van der Waals surface area contributed by atoms with Gasteiger partial charge in [-0.15, -0.1) is 0 Å². The fourth-order valence-electron chi connectivity index (χ4n) is 28.7. The van der Waals surface area contributed by atoms with Gasteiger partial charge in [0.05, 0.1) is 56.9 Å². The number of aromatic nitrogens is 4. The standard InChI is InChI=1S/4C33H22N2/c1-3-7-23-19(5-1)14-27-24(23)9-10-25-26-11-12-32-30(29(26)16-28(25)27)15-22-18-34-17-21-13-20-6-2-4-8-31(20)35(32)33(21)22;1-3-7-24-19(5-1)13-21-9-10-26-25-11-12-31-28(27(25)16-29(26)32(21)24)15-23-18-34-17-22-14-20-6-2-4-8-30(20)35(31)33(22)23;1-3-7-22-19(5-1)15-26-23(22)9-10-24-25-11-12-32-29(28(25)18-27(24)26)16-21-13-14-34-30-17-20-6-2-4-8-31(20)35(32)33(21)30;1-3-7-23-19(5-1)15-21-9-10-25-24-11-12-31-27(26(24)17-28(25)32(21)23)18-29-33-22(13-14-34-29)16-20-6-2-4-8-30(20)35(31)33/h2*1-12,17-18H,13-16H2;2*1-14H,15-18H2. The highest BCUT2D eigenvalue weighted by Gasteiger charge is 2.44. The molecule has 0 bridgehead atoms. The van der Waals surface area contributed by atoms with Gasteiger partial charge in [-0.05, 0) is 368 Å². The summed E-state index contributed by atoms with van der Waals surface area (Å²) in [7, 11) is 0. The highest BCUT2D eigenvalue weighted by atomic mass is 15.2. The molecule has 0 fully saturated rings. The van der Waals surface area contributed by atoms with E-state index in [4.69, 9.17) is 9.97 Å². The van der Waals surface area contributed by atoms with Crippen molar-refractivity contribution in [3.8, 4) is 89.0 Å². The van der Waals surface area contributed by atoms with E-state index in [1.807, 2.05) is 12.4 Å². The third-order valence-corrected chi connectivity index (χ3v) is 34.6. The molecule has 140 heavy (non-hydrogen) atoms. The first-order chi connectivity index (χ1) is 69.4. The van der Waals surface area contributed by atoms with Crippen LogP contribution in [-0.2, 0) is 103 Å². The molecule has 12 heterocycles. The molecule has 0 atom stereocenters. The van der Waals surface area contributed by atoms with Crippen molar-refractivity contribution in [3.05, 3.63) is 519 Å². The molecule has 8 nitrogen and oxygen atoms in total. The Labute approximate surface area is 812 Å². The lowest BCUT2D eigenvalue weighted by Gasteiger charge is -2.39. The summed E-state index contributed by atoms with van der Waals surface area (Å²) in [6, 6.07) is 114. The normalized spacial score (nSPS) is 14.9. The van der Waals surface area contributed by atoms with Gasteiger partial charge in [0.25, 0.3) is 0 Å². The van der Waals surface area contributed by atoms with Gasteiger partial charge in [-0.2, -0.15) is 0 Å². The first kappa shape index (κ1) is 76.5. The van der Waals surface area contributed by atoms with Crippen LogP contribution >= 0.6 is 0 Å². The van der Waals surface area contributed by atoms with Gasteiger partial charge in [-0.1, -0.05) is 243 Å². The number of rotatable bonds is 0. The van der Waals surface area contributed by atoms with Crippen molar-refractivity contribution in [2.45, 2.75) is 103 Å². The van der Waals surface area contributed by atoms with Crippen molar-refractivity contribution in [1.29, 1.82) is 0 Å². The van der Waals surface area contributed by atoms with E-state index >= 15 is 0 Å². The molecule has 0 N–H and O–H groups in total. The van der Waals surface area contributed by atoms with Crippen molar-refractivity contribution in [3.63, 3.8) is 0 Å². The van der Waals surface area contributed by atoms with Crippen LogP contribution in [-0.4, -0.2) is 19.9 Å². The monoisotopic (exact) mass is 1780 g/mol. The van der Waals surface area contributed by atoms with Gasteiger partial charge in [-0.25, -0.2) is 0 Å². The molecule has 0 saturated heterocycles. The van der Waals surface area contributed by atoms with Gasteiger partial charge in [0.1, 0.15) is 0 Å². The van der Waals surface area contributed by atoms with Crippen LogP contribution < -0.4 is 19.6 Å².